The summed E-state index contributed by atoms with van der Waals surface area (Å²) in [7, 11) is 1.30. The number of nitrogens with one attached hydrogen (secondary N) is 1. The number of halogens is 1. The van der Waals surface area contributed by atoms with Gasteiger partial charge in [0.2, 0.25) is 0 Å². The molecule has 6 heteroatoms. The van der Waals surface area contributed by atoms with Gasteiger partial charge in [-0.2, -0.15) is 0 Å². The second-order valence-electron chi connectivity index (χ2n) is 4.88. The van der Waals surface area contributed by atoms with Gasteiger partial charge in [0.25, 0.3) is 0 Å². The van der Waals surface area contributed by atoms with Gasteiger partial charge >= 0.3 is 5.97 Å². The van der Waals surface area contributed by atoms with E-state index >= 15 is 0 Å². The molecule has 3 rings (SSSR count). The third kappa shape index (κ3) is 2.91. The summed E-state index contributed by atoms with van der Waals surface area (Å²) in [5.74, 6) is -0.962. The van der Waals surface area contributed by atoms with Gasteiger partial charge in [0.15, 0.2) is 5.88 Å². The highest BCUT2D eigenvalue weighted by Crippen LogP contribution is 2.27. The molecule has 5 nitrogen and oxygen atoms in total. The molecule has 0 saturated heterocycles. The van der Waals surface area contributed by atoms with Gasteiger partial charge in [-0.15, -0.1) is 0 Å². The predicted molar refractivity (Wildman–Crippen MR) is 85.0 cm³/mol. The summed E-state index contributed by atoms with van der Waals surface area (Å²) in [4.78, 5) is 18.5. The molecule has 23 heavy (non-hydrogen) atoms. The number of ether oxygens (including phenoxy) is 1. The Bertz CT molecular complexity index is 915. The molecule has 0 radical (unpaired) electrons. The molecule has 0 spiro atoms. The van der Waals surface area contributed by atoms with E-state index in [-0.39, 0.29) is 5.88 Å². The van der Waals surface area contributed by atoms with E-state index in [0.717, 1.165) is 0 Å². The summed E-state index contributed by atoms with van der Waals surface area (Å²) in [6.45, 7) is 0. The predicted octanol–water partition coefficient (Wildman–Crippen LogP) is 3.55. The van der Waals surface area contributed by atoms with Gasteiger partial charge < -0.3 is 14.8 Å². The number of aromatic amines is 1. The van der Waals surface area contributed by atoms with Crippen LogP contribution in [0, 0.1) is 5.82 Å². The van der Waals surface area contributed by atoms with Crippen LogP contribution >= 0.6 is 0 Å². The van der Waals surface area contributed by atoms with Crippen LogP contribution in [0.25, 0.3) is 10.9 Å². The maximum Gasteiger partial charge on any atom is 0.337 e. The van der Waals surface area contributed by atoms with Crippen LogP contribution in [0.3, 0.4) is 0 Å². The van der Waals surface area contributed by atoms with E-state index in [1.165, 1.54) is 25.5 Å². The molecule has 0 unspecified atom stereocenters. The van der Waals surface area contributed by atoms with E-state index in [1.54, 1.807) is 30.3 Å². The van der Waals surface area contributed by atoms with Crippen LogP contribution in [0.15, 0.2) is 47.5 Å². The molecule has 0 saturated carbocycles. The summed E-state index contributed by atoms with van der Waals surface area (Å²) in [5, 5.41) is 10.5. The highest BCUT2D eigenvalue weighted by molar-refractivity contribution is 6.02. The van der Waals surface area contributed by atoms with Crippen molar-refractivity contribution in [2.75, 3.05) is 7.11 Å². The standard InChI is InChI=1S/C17H13FN2O3/c1-23-17(22)10-3-2-4-12(7-10)19-9-14-13-8-11(18)5-6-15(13)20-16(14)21/h2-9,20-21H,1H3. The molecular weight excluding hydrogens is 299 g/mol. The molecule has 2 aromatic carbocycles. The van der Waals surface area contributed by atoms with Crippen molar-refractivity contribution < 1.29 is 19.0 Å². The normalized spacial score (nSPS) is 11.2. The smallest absolute Gasteiger partial charge is 0.337 e. The monoisotopic (exact) mass is 312 g/mol. The zero-order valence-electron chi connectivity index (χ0n) is 12.2. The number of hydrogen-bond donors (Lipinski definition) is 2. The van der Waals surface area contributed by atoms with Gasteiger partial charge in [-0.3, -0.25) is 4.99 Å². The Labute approximate surface area is 131 Å². The van der Waals surface area contributed by atoms with E-state index in [0.29, 0.717) is 27.7 Å². The lowest BCUT2D eigenvalue weighted by Crippen LogP contribution is -1.99. The number of aromatic nitrogens is 1. The Hall–Kier alpha value is -3.15. The van der Waals surface area contributed by atoms with Crippen molar-refractivity contribution >= 4 is 28.8 Å². The third-order valence-electron chi connectivity index (χ3n) is 3.39. The van der Waals surface area contributed by atoms with Crippen molar-refractivity contribution in [2.45, 2.75) is 0 Å². The first kappa shape index (κ1) is 14.8. The fourth-order valence-corrected chi connectivity index (χ4v) is 2.27. The number of H-pyrrole nitrogens is 1. The van der Waals surface area contributed by atoms with Crippen LogP contribution in [-0.2, 0) is 4.74 Å². The van der Waals surface area contributed by atoms with Crippen molar-refractivity contribution in [1.82, 2.24) is 4.98 Å². The average Bonchev–Trinajstić information content (AvgIpc) is 2.87. The van der Waals surface area contributed by atoms with E-state index in [4.69, 9.17) is 0 Å². The molecule has 0 amide bonds. The van der Waals surface area contributed by atoms with Gasteiger partial charge in [-0.1, -0.05) is 6.07 Å². The third-order valence-corrected chi connectivity index (χ3v) is 3.39. The second-order valence-corrected chi connectivity index (χ2v) is 4.88. The zero-order valence-corrected chi connectivity index (χ0v) is 12.2. The summed E-state index contributed by atoms with van der Waals surface area (Å²) in [5.41, 5.74) is 1.87. The number of hydrogen-bond acceptors (Lipinski definition) is 4. The van der Waals surface area contributed by atoms with Crippen LogP contribution < -0.4 is 0 Å². The number of aromatic hydroxyl groups is 1. The quantitative estimate of drug-likeness (QED) is 0.573. The van der Waals surface area contributed by atoms with Crippen LogP contribution in [0.4, 0.5) is 10.1 Å². The average molecular weight is 312 g/mol. The lowest BCUT2D eigenvalue weighted by atomic mass is 10.1. The molecule has 2 N–H and O–H groups in total. The van der Waals surface area contributed by atoms with E-state index < -0.39 is 11.8 Å². The SMILES string of the molecule is COC(=O)c1cccc(N=Cc2c(O)[nH]c3ccc(F)cc23)c1. The van der Waals surface area contributed by atoms with Crippen LogP contribution in [0.1, 0.15) is 15.9 Å². The number of nitrogens with zero attached hydrogens (tertiary/aromatic N) is 1. The summed E-state index contributed by atoms with van der Waals surface area (Å²) >= 11 is 0. The first-order valence-corrected chi connectivity index (χ1v) is 6.81. The molecule has 0 atom stereocenters. The van der Waals surface area contributed by atoms with Crippen molar-refractivity contribution in [3.8, 4) is 5.88 Å². The van der Waals surface area contributed by atoms with E-state index in [1.807, 2.05) is 0 Å². The second kappa shape index (κ2) is 5.92. The van der Waals surface area contributed by atoms with Crippen molar-refractivity contribution in [1.29, 1.82) is 0 Å². The maximum atomic E-state index is 13.4. The Morgan fingerprint density at radius 3 is 2.91 bits per heavy atom. The molecular formula is C17H13FN2O3. The van der Waals surface area contributed by atoms with Gasteiger partial charge in [0.05, 0.1) is 23.9 Å². The van der Waals surface area contributed by atoms with Gasteiger partial charge in [0, 0.05) is 17.1 Å². The topological polar surface area (TPSA) is 74.7 Å². The zero-order chi connectivity index (χ0) is 16.4. The molecule has 1 heterocycles. The minimum Gasteiger partial charge on any atom is -0.494 e. The highest BCUT2D eigenvalue weighted by Gasteiger charge is 2.10. The Morgan fingerprint density at radius 1 is 1.30 bits per heavy atom. The Morgan fingerprint density at radius 2 is 2.13 bits per heavy atom. The molecule has 116 valence electrons. The highest BCUT2D eigenvalue weighted by atomic mass is 19.1. The van der Waals surface area contributed by atoms with Gasteiger partial charge in [0.1, 0.15) is 5.82 Å². The number of rotatable bonds is 3. The first-order chi connectivity index (χ1) is 11.1. The van der Waals surface area contributed by atoms with Gasteiger partial charge in [-0.25, -0.2) is 9.18 Å². The van der Waals surface area contributed by atoms with Crippen molar-refractivity contribution in [3.63, 3.8) is 0 Å². The summed E-state index contributed by atoms with van der Waals surface area (Å²) in [6.07, 6.45) is 1.42. The molecule has 0 aliphatic heterocycles. The van der Waals surface area contributed by atoms with Crippen LogP contribution in [0.5, 0.6) is 5.88 Å². The molecule has 1 aromatic heterocycles. The number of fused-ring (bicyclic) bond motifs is 1. The van der Waals surface area contributed by atoms with E-state index in [9.17, 15) is 14.3 Å². The van der Waals surface area contributed by atoms with E-state index in [2.05, 4.69) is 14.7 Å². The van der Waals surface area contributed by atoms with Crippen LogP contribution in [-0.4, -0.2) is 29.4 Å². The number of carbonyl (C=O) groups is 1. The maximum absolute atomic E-state index is 13.4. The first-order valence-electron chi connectivity index (χ1n) is 6.81. The fraction of sp³-hybridized carbons (Fsp3) is 0.0588. The Balaban J connectivity index is 1.99. The number of carbonyl (C=O) groups excluding carboxylic acids is 1. The number of aliphatic imine (C=N–C) groups is 1. The summed E-state index contributed by atoms with van der Waals surface area (Å²) in [6, 6.07) is 10.7. The minimum absolute atomic E-state index is 0.0986. The number of methoxy groups -OCH3 is 1. The lowest BCUT2D eigenvalue weighted by Gasteiger charge is -2.00. The molecule has 0 bridgehead atoms. The Kier molecular flexibility index (Phi) is 3.80. The fourth-order valence-electron chi connectivity index (χ4n) is 2.27. The largest absolute Gasteiger partial charge is 0.494 e. The summed E-state index contributed by atoms with van der Waals surface area (Å²) < 4.78 is 18.0. The van der Waals surface area contributed by atoms with Crippen molar-refractivity contribution in [2.24, 2.45) is 4.99 Å². The minimum atomic E-state index is -0.459. The van der Waals surface area contributed by atoms with Crippen LogP contribution in [0.2, 0.25) is 0 Å². The molecule has 0 aliphatic carbocycles. The van der Waals surface area contributed by atoms with Gasteiger partial charge in [-0.05, 0) is 36.4 Å². The molecule has 3 aromatic rings. The number of esters is 1. The molecule has 0 fully saturated rings. The van der Waals surface area contributed by atoms with Crippen molar-refractivity contribution in [3.05, 3.63) is 59.4 Å². The number of benzene rings is 2. The molecule has 0 aliphatic rings. The lowest BCUT2D eigenvalue weighted by molar-refractivity contribution is 0.0601.